The van der Waals surface area contributed by atoms with Crippen LogP contribution < -0.4 is 10.1 Å². The lowest BCUT2D eigenvalue weighted by Crippen LogP contribution is -2.31. The first-order valence-corrected chi connectivity index (χ1v) is 9.50. The molecule has 6 heteroatoms. The second-order valence-corrected chi connectivity index (χ2v) is 7.92. The number of rotatable bonds is 6. The highest BCUT2D eigenvalue weighted by Gasteiger charge is 2.31. The van der Waals surface area contributed by atoms with Crippen molar-refractivity contribution in [2.45, 2.75) is 46.3 Å². The molecule has 2 rings (SSSR count). The number of nitrogens with one attached hydrogen (secondary N) is 1. The summed E-state index contributed by atoms with van der Waals surface area (Å²) in [6.07, 6.45) is -1.60. The highest BCUT2D eigenvalue weighted by Crippen LogP contribution is 2.29. The Labute approximate surface area is 172 Å². The molecule has 29 heavy (non-hydrogen) atoms. The number of hydrogen-bond acceptors (Lipinski definition) is 5. The summed E-state index contributed by atoms with van der Waals surface area (Å²) in [5.74, 6) is -0.224. The van der Waals surface area contributed by atoms with Gasteiger partial charge in [-0.3, -0.25) is 4.79 Å². The van der Waals surface area contributed by atoms with E-state index in [9.17, 15) is 9.59 Å². The van der Waals surface area contributed by atoms with Gasteiger partial charge in [0.1, 0.15) is 17.5 Å². The number of benzene rings is 2. The Morgan fingerprint density at radius 1 is 0.966 bits per heavy atom. The number of hydrogen-bond donors (Lipinski definition) is 1. The van der Waals surface area contributed by atoms with E-state index >= 15 is 0 Å². The fraction of sp³-hybridized carbons (Fsp3) is 0.391. The molecule has 0 aliphatic carbocycles. The van der Waals surface area contributed by atoms with E-state index in [2.05, 4.69) is 5.32 Å². The van der Waals surface area contributed by atoms with Crippen LogP contribution in [0, 0.1) is 12.8 Å². The van der Waals surface area contributed by atoms with Crippen molar-refractivity contribution in [1.29, 1.82) is 0 Å². The van der Waals surface area contributed by atoms with E-state index in [4.69, 9.17) is 14.2 Å². The minimum atomic E-state index is -0.813. The highest BCUT2D eigenvalue weighted by molar-refractivity contribution is 5.93. The number of carbonyl (C=O) groups is 2. The Hall–Kier alpha value is -3.02. The van der Waals surface area contributed by atoms with Crippen molar-refractivity contribution in [3.8, 4) is 5.75 Å². The summed E-state index contributed by atoms with van der Waals surface area (Å²) in [6, 6.07) is 14.5. The van der Waals surface area contributed by atoms with Crippen LogP contribution in [-0.4, -0.2) is 24.8 Å². The molecular formula is C23H29NO5. The standard InChI is InChI=1S/C23H29NO5/c1-15-7-9-17(10-8-15)20(28-22(26)29-23(3,4)5)16(2)21(25)24-18-11-13-19(27-6)14-12-18/h7-14,16,20H,1-6H3,(H,24,25)/t16-,20+/m0/s1. The van der Waals surface area contributed by atoms with Crippen LogP contribution >= 0.6 is 0 Å². The molecule has 0 radical (unpaired) electrons. The normalized spacial score (nSPS) is 13.2. The molecule has 0 aliphatic heterocycles. The molecule has 2 atom stereocenters. The maximum atomic E-state index is 12.8. The van der Waals surface area contributed by atoms with Gasteiger partial charge in [0.15, 0.2) is 0 Å². The van der Waals surface area contributed by atoms with E-state index in [-0.39, 0.29) is 5.91 Å². The number of anilines is 1. The number of aryl methyl sites for hydroxylation is 1. The summed E-state index contributed by atoms with van der Waals surface area (Å²) in [5.41, 5.74) is 1.73. The van der Waals surface area contributed by atoms with E-state index in [1.165, 1.54) is 0 Å². The van der Waals surface area contributed by atoms with Crippen LogP contribution in [0.25, 0.3) is 0 Å². The van der Waals surface area contributed by atoms with E-state index in [1.807, 2.05) is 31.2 Å². The molecule has 0 saturated heterocycles. The second kappa shape index (κ2) is 9.45. The van der Waals surface area contributed by atoms with Crippen LogP contribution in [0.4, 0.5) is 10.5 Å². The predicted octanol–water partition coefficient (Wildman–Crippen LogP) is 5.27. The molecule has 1 amide bonds. The Bertz CT molecular complexity index is 822. The van der Waals surface area contributed by atoms with Gasteiger partial charge < -0.3 is 19.5 Å². The van der Waals surface area contributed by atoms with Gasteiger partial charge >= 0.3 is 6.16 Å². The number of ether oxygens (including phenoxy) is 3. The minimum Gasteiger partial charge on any atom is -0.497 e. The molecular weight excluding hydrogens is 370 g/mol. The predicted molar refractivity (Wildman–Crippen MR) is 112 cm³/mol. The molecule has 0 spiro atoms. The summed E-state index contributed by atoms with van der Waals surface area (Å²) < 4.78 is 16.0. The molecule has 0 bridgehead atoms. The molecule has 6 nitrogen and oxygen atoms in total. The van der Waals surface area contributed by atoms with Gasteiger partial charge in [-0.05, 0) is 64.4 Å². The molecule has 0 saturated carbocycles. The zero-order valence-corrected chi connectivity index (χ0v) is 17.8. The molecule has 2 aromatic carbocycles. The summed E-state index contributed by atoms with van der Waals surface area (Å²) in [6.45, 7) is 8.96. The van der Waals surface area contributed by atoms with E-state index in [1.54, 1.807) is 59.1 Å². The highest BCUT2D eigenvalue weighted by atomic mass is 16.7. The smallest absolute Gasteiger partial charge is 0.497 e. The fourth-order valence-electron chi connectivity index (χ4n) is 2.66. The Morgan fingerprint density at radius 2 is 1.55 bits per heavy atom. The lowest BCUT2D eigenvalue weighted by Gasteiger charge is -2.26. The zero-order chi connectivity index (χ0) is 21.6. The van der Waals surface area contributed by atoms with Crippen molar-refractivity contribution < 1.29 is 23.8 Å². The average Bonchev–Trinajstić information content (AvgIpc) is 2.65. The Morgan fingerprint density at radius 3 is 2.07 bits per heavy atom. The summed E-state index contributed by atoms with van der Waals surface area (Å²) in [7, 11) is 1.58. The molecule has 0 aromatic heterocycles. The van der Waals surface area contributed by atoms with Gasteiger partial charge in [-0.2, -0.15) is 0 Å². The lowest BCUT2D eigenvalue weighted by molar-refractivity contribution is -0.124. The van der Waals surface area contributed by atoms with E-state index in [0.29, 0.717) is 11.4 Å². The summed E-state index contributed by atoms with van der Waals surface area (Å²) in [4.78, 5) is 25.1. The fourth-order valence-corrected chi connectivity index (χ4v) is 2.66. The van der Waals surface area contributed by atoms with Crippen molar-refractivity contribution in [3.63, 3.8) is 0 Å². The van der Waals surface area contributed by atoms with Crippen LogP contribution in [0.2, 0.25) is 0 Å². The maximum absolute atomic E-state index is 12.8. The maximum Gasteiger partial charge on any atom is 0.509 e. The van der Waals surface area contributed by atoms with Gasteiger partial charge in [-0.1, -0.05) is 29.8 Å². The Kier molecular flexibility index (Phi) is 7.26. The lowest BCUT2D eigenvalue weighted by atomic mass is 9.95. The number of methoxy groups -OCH3 is 1. The Balaban J connectivity index is 2.19. The zero-order valence-electron chi connectivity index (χ0n) is 17.8. The number of carbonyl (C=O) groups excluding carboxylic acids is 2. The molecule has 0 fully saturated rings. The van der Waals surface area contributed by atoms with Gasteiger partial charge in [0.25, 0.3) is 0 Å². The third-order valence-electron chi connectivity index (χ3n) is 4.24. The molecule has 2 aromatic rings. The summed E-state index contributed by atoms with van der Waals surface area (Å²) >= 11 is 0. The van der Waals surface area contributed by atoms with Crippen LogP contribution in [-0.2, 0) is 14.3 Å². The molecule has 0 aliphatic rings. The van der Waals surface area contributed by atoms with Gasteiger partial charge in [0, 0.05) is 5.69 Å². The van der Waals surface area contributed by atoms with Crippen LogP contribution in [0.5, 0.6) is 5.75 Å². The molecule has 1 N–H and O–H groups in total. The quantitative estimate of drug-likeness (QED) is 0.670. The van der Waals surface area contributed by atoms with Crippen molar-refractivity contribution in [1.82, 2.24) is 0 Å². The topological polar surface area (TPSA) is 73.9 Å². The van der Waals surface area contributed by atoms with Gasteiger partial charge in [-0.15, -0.1) is 0 Å². The van der Waals surface area contributed by atoms with Crippen molar-refractivity contribution in [2.75, 3.05) is 12.4 Å². The molecule has 0 heterocycles. The SMILES string of the molecule is COc1ccc(NC(=O)[C@@H](C)[C@@H](OC(=O)OC(C)(C)C)c2ccc(C)cc2)cc1. The average molecular weight is 399 g/mol. The number of amides is 1. The molecule has 156 valence electrons. The first kappa shape index (κ1) is 22.3. The van der Waals surface area contributed by atoms with Crippen molar-refractivity contribution in [3.05, 3.63) is 59.7 Å². The summed E-state index contributed by atoms with van der Waals surface area (Å²) in [5, 5.41) is 2.85. The minimum absolute atomic E-state index is 0.274. The van der Waals surface area contributed by atoms with Gasteiger partial charge in [-0.25, -0.2) is 4.79 Å². The van der Waals surface area contributed by atoms with E-state index < -0.39 is 23.8 Å². The van der Waals surface area contributed by atoms with Crippen molar-refractivity contribution in [2.24, 2.45) is 5.92 Å². The van der Waals surface area contributed by atoms with Crippen LogP contribution in [0.1, 0.15) is 44.9 Å². The van der Waals surface area contributed by atoms with Crippen LogP contribution in [0.15, 0.2) is 48.5 Å². The van der Waals surface area contributed by atoms with Gasteiger partial charge in [0.2, 0.25) is 5.91 Å². The molecule has 0 unspecified atom stereocenters. The van der Waals surface area contributed by atoms with Crippen LogP contribution in [0.3, 0.4) is 0 Å². The van der Waals surface area contributed by atoms with Gasteiger partial charge in [0.05, 0.1) is 13.0 Å². The largest absolute Gasteiger partial charge is 0.509 e. The first-order valence-electron chi connectivity index (χ1n) is 9.50. The monoisotopic (exact) mass is 399 g/mol. The second-order valence-electron chi connectivity index (χ2n) is 7.92. The van der Waals surface area contributed by atoms with Crippen molar-refractivity contribution >= 4 is 17.7 Å². The van der Waals surface area contributed by atoms with E-state index in [0.717, 1.165) is 11.1 Å². The first-order chi connectivity index (χ1) is 13.6. The third-order valence-corrected chi connectivity index (χ3v) is 4.24. The third kappa shape index (κ3) is 6.82.